The summed E-state index contributed by atoms with van der Waals surface area (Å²) in [6.45, 7) is 2.03. The molecule has 3 aromatic rings. The average Bonchev–Trinajstić information content (AvgIpc) is 3.26. The van der Waals surface area contributed by atoms with Gasteiger partial charge < -0.3 is 9.84 Å². The minimum atomic E-state index is -0.736. The Morgan fingerprint density at radius 1 is 0.680 bits per heavy atom. The fourth-order valence-electron chi connectivity index (χ4n) is 3.51. The van der Waals surface area contributed by atoms with Crippen LogP contribution in [0.25, 0.3) is 0 Å². The lowest BCUT2D eigenvalue weighted by Gasteiger charge is -2.36. The van der Waals surface area contributed by atoms with E-state index in [1.807, 2.05) is 61.5 Å². The van der Waals surface area contributed by atoms with Gasteiger partial charge in [-0.3, -0.25) is 0 Å². The van der Waals surface area contributed by atoms with E-state index in [0.717, 1.165) is 16.7 Å². The first-order valence-electron chi connectivity index (χ1n) is 8.76. The van der Waals surface area contributed by atoms with Crippen molar-refractivity contribution in [2.24, 2.45) is 5.92 Å². The molecule has 4 rings (SSSR count). The third-order valence-corrected chi connectivity index (χ3v) is 5.11. The molecule has 2 nitrogen and oxygen atoms in total. The maximum atomic E-state index is 10.2. The zero-order valence-electron chi connectivity index (χ0n) is 14.2. The van der Waals surface area contributed by atoms with Gasteiger partial charge in [-0.25, -0.2) is 0 Å². The van der Waals surface area contributed by atoms with Crippen LogP contribution in [0, 0.1) is 5.92 Å². The van der Waals surface area contributed by atoms with Crippen molar-refractivity contribution < 1.29 is 9.84 Å². The van der Waals surface area contributed by atoms with Crippen molar-refractivity contribution in [1.82, 2.24) is 0 Å². The predicted octanol–water partition coefficient (Wildman–Crippen LogP) is 4.37. The van der Waals surface area contributed by atoms with E-state index in [1.165, 1.54) is 0 Å². The molecule has 126 valence electrons. The summed E-state index contributed by atoms with van der Waals surface area (Å²) < 4.78 is 6.68. The standard InChI is InChI=1S/C23H22O2/c1-17-21(24)22(17)25-23(18-11-5-2-6-12-18,19-13-7-3-8-14-19)20-15-9-4-10-16-20/h2-17,21-22,24H,1H3/t17-,21+,22?/m1/s1. The van der Waals surface area contributed by atoms with Gasteiger partial charge in [-0.15, -0.1) is 0 Å². The molecule has 1 fully saturated rings. The van der Waals surface area contributed by atoms with Crippen LogP contribution in [0.5, 0.6) is 0 Å². The van der Waals surface area contributed by atoms with Crippen LogP contribution in [0.4, 0.5) is 0 Å². The van der Waals surface area contributed by atoms with Gasteiger partial charge in [0.25, 0.3) is 0 Å². The topological polar surface area (TPSA) is 29.5 Å². The van der Waals surface area contributed by atoms with Crippen LogP contribution in [0.1, 0.15) is 23.6 Å². The molecule has 3 atom stereocenters. The Balaban J connectivity index is 1.94. The Kier molecular flexibility index (Phi) is 4.16. The molecule has 0 bridgehead atoms. The second-order valence-corrected chi connectivity index (χ2v) is 6.71. The lowest BCUT2D eigenvalue weighted by molar-refractivity contribution is -0.0210. The minimum absolute atomic E-state index is 0.149. The Hall–Kier alpha value is -2.42. The zero-order valence-corrected chi connectivity index (χ0v) is 14.2. The Labute approximate surface area is 148 Å². The van der Waals surface area contributed by atoms with Crippen LogP contribution >= 0.6 is 0 Å². The molecule has 0 spiro atoms. The van der Waals surface area contributed by atoms with Crippen LogP contribution in [0.2, 0.25) is 0 Å². The number of benzene rings is 3. The summed E-state index contributed by atoms with van der Waals surface area (Å²) in [5, 5.41) is 10.2. The van der Waals surface area contributed by atoms with Crippen molar-refractivity contribution in [2.75, 3.05) is 0 Å². The monoisotopic (exact) mass is 330 g/mol. The normalized spacial score (nSPS) is 22.6. The molecule has 1 unspecified atom stereocenters. The molecule has 0 heterocycles. The summed E-state index contributed by atoms with van der Waals surface area (Å²) in [5.74, 6) is 0.149. The Bertz CT molecular complexity index is 710. The highest BCUT2D eigenvalue weighted by Crippen LogP contribution is 2.47. The molecule has 1 saturated carbocycles. The highest BCUT2D eigenvalue weighted by Gasteiger charge is 2.52. The van der Waals surface area contributed by atoms with Crippen molar-refractivity contribution in [3.8, 4) is 0 Å². The van der Waals surface area contributed by atoms with Crippen LogP contribution in [-0.4, -0.2) is 17.3 Å². The van der Waals surface area contributed by atoms with E-state index < -0.39 is 11.7 Å². The fraction of sp³-hybridized carbons (Fsp3) is 0.217. The molecular formula is C23H22O2. The first kappa shape index (κ1) is 16.1. The maximum Gasteiger partial charge on any atom is 0.144 e. The summed E-state index contributed by atoms with van der Waals surface area (Å²) in [6, 6.07) is 30.8. The van der Waals surface area contributed by atoms with Gasteiger partial charge in [-0.05, 0) is 16.7 Å². The number of aliphatic hydroxyl groups excluding tert-OH is 1. The van der Waals surface area contributed by atoms with E-state index in [9.17, 15) is 5.11 Å². The van der Waals surface area contributed by atoms with Gasteiger partial charge in [-0.2, -0.15) is 0 Å². The van der Waals surface area contributed by atoms with Crippen molar-refractivity contribution in [3.63, 3.8) is 0 Å². The summed E-state index contributed by atoms with van der Waals surface area (Å²) in [5.41, 5.74) is 2.47. The van der Waals surface area contributed by atoms with Crippen molar-refractivity contribution >= 4 is 0 Å². The van der Waals surface area contributed by atoms with E-state index >= 15 is 0 Å². The molecule has 25 heavy (non-hydrogen) atoms. The first-order chi connectivity index (χ1) is 12.2. The Morgan fingerprint density at radius 3 is 1.28 bits per heavy atom. The Morgan fingerprint density at radius 2 is 1.00 bits per heavy atom. The van der Waals surface area contributed by atoms with Crippen molar-refractivity contribution in [3.05, 3.63) is 108 Å². The second kappa shape index (κ2) is 6.47. The smallest absolute Gasteiger partial charge is 0.144 e. The molecule has 1 aliphatic rings. The number of hydrogen-bond donors (Lipinski definition) is 1. The molecule has 1 aliphatic carbocycles. The van der Waals surface area contributed by atoms with Crippen LogP contribution in [0.3, 0.4) is 0 Å². The highest BCUT2D eigenvalue weighted by atomic mass is 16.5. The van der Waals surface area contributed by atoms with Crippen molar-refractivity contribution in [2.45, 2.75) is 24.7 Å². The molecule has 0 saturated heterocycles. The third kappa shape index (κ3) is 2.78. The maximum absolute atomic E-state index is 10.2. The SMILES string of the molecule is C[C@H]1C(OC(c2ccccc2)(c2ccccc2)c2ccccc2)[C@H]1O. The molecular weight excluding hydrogens is 308 g/mol. The second-order valence-electron chi connectivity index (χ2n) is 6.71. The quantitative estimate of drug-likeness (QED) is 0.704. The van der Waals surface area contributed by atoms with Gasteiger partial charge in [0.15, 0.2) is 0 Å². The molecule has 0 amide bonds. The van der Waals surface area contributed by atoms with Crippen LogP contribution < -0.4 is 0 Å². The van der Waals surface area contributed by atoms with Gasteiger partial charge in [0.05, 0.1) is 12.2 Å². The van der Waals surface area contributed by atoms with Gasteiger partial charge in [0.2, 0.25) is 0 Å². The van der Waals surface area contributed by atoms with Crippen LogP contribution in [-0.2, 0) is 10.3 Å². The average molecular weight is 330 g/mol. The van der Waals surface area contributed by atoms with E-state index in [4.69, 9.17) is 4.74 Å². The largest absolute Gasteiger partial charge is 0.390 e. The number of rotatable bonds is 5. The van der Waals surface area contributed by atoms with E-state index in [2.05, 4.69) is 36.4 Å². The number of ether oxygens (including phenoxy) is 1. The molecule has 0 aliphatic heterocycles. The number of hydrogen-bond acceptors (Lipinski definition) is 2. The van der Waals surface area contributed by atoms with Gasteiger partial charge in [0, 0.05) is 5.92 Å². The summed E-state index contributed by atoms with van der Waals surface area (Å²) in [4.78, 5) is 0. The number of aliphatic hydroxyl groups is 1. The van der Waals surface area contributed by atoms with E-state index in [-0.39, 0.29) is 12.0 Å². The zero-order chi connectivity index (χ0) is 17.3. The van der Waals surface area contributed by atoms with Gasteiger partial charge in [-0.1, -0.05) is 97.9 Å². The minimum Gasteiger partial charge on any atom is -0.390 e. The molecule has 1 N–H and O–H groups in total. The molecule has 2 heteroatoms. The fourth-order valence-corrected chi connectivity index (χ4v) is 3.51. The van der Waals surface area contributed by atoms with Gasteiger partial charge >= 0.3 is 0 Å². The molecule has 0 aromatic heterocycles. The van der Waals surface area contributed by atoms with Gasteiger partial charge in [0.1, 0.15) is 5.60 Å². The summed E-state index contributed by atoms with van der Waals surface area (Å²) in [7, 11) is 0. The molecule has 0 radical (unpaired) electrons. The third-order valence-electron chi connectivity index (χ3n) is 5.11. The predicted molar refractivity (Wildman–Crippen MR) is 99.3 cm³/mol. The highest BCUT2D eigenvalue weighted by molar-refractivity contribution is 5.47. The first-order valence-corrected chi connectivity index (χ1v) is 8.76. The summed E-state index contributed by atoms with van der Waals surface area (Å²) in [6.07, 6.45) is -0.573. The van der Waals surface area contributed by atoms with E-state index in [1.54, 1.807) is 0 Å². The van der Waals surface area contributed by atoms with Crippen LogP contribution in [0.15, 0.2) is 91.0 Å². The van der Waals surface area contributed by atoms with Crippen molar-refractivity contribution in [1.29, 1.82) is 0 Å². The molecule has 3 aromatic carbocycles. The lowest BCUT2D eigenvalue weighted by atomic mass is 9.80. The lowest BCUT2D eigenvalue weighted by Crippen LogP contribution is -2.34. The van der Waals surface area contributed by atoms with E-state index in [0.29, 0.717) is 0 Å². The summed E-state index contributed by atoms with van der Waals surface area (Å²) >= 11 is 0.